The number of hydrogen-bond acceptors (Lipinski definition) is 12. The molecule has 8 rings (SSSR count). The van der Waals surface area contributed by atoms with Crippen LogP contribution in [-0.2, 0) is 39.9 Å². The van der Waals surface area contributed by atoms with E-state index in [1.165, 1.54) is 36.4 Å². The zero-order valence-corrected chi connectivity index (χ0v) is 43.5. The first kappa shape index (κ1) is 60.2. The second-order valence-corrected chi connectivity index (χ2v) is 18.5. The van der Waals surface area contributed by atoms with Crippen molar-refractivity contribution in [3.8, 4) is 0 Å². The molecule has 1 aliphatic heterocycles. The SMILES string of the molecule is O=C(COCCOCCOCC(=O)Nc1ccccc1C(Nc1ccccn1)C(c1ccccn1)C(O)c1ccccc1)NCc1ccc(C2C(CCC(O)c3ccc(F)cc3)C(=O)N2c2ccc(F)cc2)cc1.O=C(O)C(F)(F)F. The number of amides is 3. The molecule has 0 aliphatic carbocycles. The van der Waals surface area contributed by atoms with Crippen molar-refractivity contribution in [2.45, 2.75) is 55.8 Å². The number of aliphatic hydroxyl groups excluding tert-OH is 2. The van der Waals surface area contributed by atoms with Gasteiger partial charge in [-0.1, -0.05) is 97.1 Å². The maximum atomic E-state index is 13.8. The zero-order valence-electron chi connectivity index (χ0n) is 43.5. The Bertz CT molecular complexity index is 3100. The minimum Gasteiger partial charge on any atom is -0.475 e. The molecule has 3 amide bonds. The summed E-state index contributed by atoms with van der Waals surface area (Å²) in [5.74, 6) is -4.91. The smallest absolute Gasteiger partial charge is 0.475 e. The largest absolute Gasteiger partial charge is 0.490 e. The molecule has 6 N–H and O–H groups in total. The normalized spacial score (nSPS) is 15.4. The number of carboxylic acids is 1. The quantitative estimate of drug-likeness (QED) is 0.0169. The van der Waals surface area contributed by atoms with Gasteiger partial charge in [0.15, 0.2) is 0 Å². The first-order valence-corrected chi connectivity index (χ1v) is 25.7. The molecular formula is C60H59F5N6O10. The molecule has 1 saturated heterocycles. The Morgan fingerprint density at radius 1 is 0.654 bits per heavy atom. The van der Waals surface area contributed by atoms with Gasteiger partial charge in [-0.25, -0.2) is 18.6 Å². The average molecular weight is 1120 g/mol. The lowest BCUT2D eigenvalue weighted by molar-refractivity contribution is -0.192. The predicted octanol–water partition coefficient (Wildman–Crippen LogP) is 9.58. The Morgan fingerprint density at radius 3 is 1.85 bits per heavy atom. The van der Waals surface area contributed by atoms with E-state index in [1.807, 2.05) is 109 Å². The number of β-lactam (4-membered cyclic amide) rings is 1. The van der Waals surface area contributed by atoms with Crippen LogP contribution in [0.25, 0.3) is 0 Å². The molecule has 1 fully saturated rings. The lowest BCUT2D eigenvalue weighted by Gasteiger charge is -2.48. The highest BCUT2D eigenvalue weighted by Gasteiger charge is 2.48. The van der Waals surface area contributed by atoms with Gasteiger partial charge in [-0.15, -0.1) is 0 Å². The lowest BCUT2D eigenvalue weighted by atomic mass is 9.78. The Kier molecular flexibility index (Phi) is 22.0. The number of carbonyl (C=O) groups is 4. The predicted molar refractivity (Wildman–Crippen MR) is 289 cm³/mol. The highest BCUT2D eigenvalue weighted by atomic mass is 19.4. The molecule has 2 aromatic heterocycles. The standard InChI is InChI=1S/C58H58F2N6O8.C2HF3O2/c59-43-22-20-40(21-23-43)50(67)29-28-47-56(66(58(47)71)45-26-24-44(60)25-27-45)41-18-16-39(17-19-41)36-63-52(68)37-73-34-32-72-33-35-74-38-53(69)64-48-13-5-4-12-46(48)55(65-51-15-7-9-31-62-51)54(49-14-6-8-30-61-49)57(70)42-10-2-1-3-11-42;3-2(4,5)1(6)7/h1-27,30-31,47,50,54-57,67,70H,28-29,32-38H2,(H,62,65)(H,63,68)(H,64,69);(H,6,7). The Morgan fingerprint density at radius 2 is 1.23 bits per heavy atom. The van der Waals surface area contributed by atoms with Gasteiger partial charge in [-0.2, -0.15) is 13.2 Å². The zero-order chi connectivity index (χ0) is 57.7. The summed E-state index contributed by atoms with van der Waals surface area (Å²) in [5.41, 5.74) is 5.35. The van der Waals surface area contributed by atoms with Crippen molar-refractivity contribution in [1.82, 2.24) is 15.3 Å². The van der Waals surface area contributed by atoms with Crippen LogP contribution in [0.2, 0.25) is 0 Å². The van der Waals surface area contributed by atoms with Gasteiger partial charge in [0.25, 0.3) is 0 Å². The molecule has 424 valence electrons. The number of para-hydroxylation sites is 1. The topological polar surface area (TPSA) is 222 Å². The minimum absolute atomic E-state index is 0.131. The summed E-state index contributed by atoms with van der Waals surface area (Å²) in [6, 6.07) is 45.7. The third-order valence-electron chi connectivity index (χ3n) is 13.0. The molecule has 0 saturated carbocycles. The van der Waals surface area contributed by atoms with E-state index in [1.54, 1.807) is 35.5 Å². The van der Waals surface area contributed by atoms with E-state index >= 15 is 0 Å². The lowest BCUT2D eigenvalue weighted by Crippen LogP contribution is -2.55. The number of nitrogens with one attached hydrogen (secondary N) is 3. The van der Waals surface area contributed by atoms with Crippen LogP contribution in [-0.4, -0.2) is 94.8 Å². The number of aromatic nitrogens is 2. The summed E-state index contributed by atoms with van der Waals surface area (Å²) in [6.07, 6.45) is -2.92. The molecule has 5 aromatic carbocycles. The van der Waals surface area contributed by atoms with Crippen LogP contribution in [0.3, 0.4) is 0 Å². The number of halogens is 5. The summed E-state index contributed by atoms with van der Waals surface area (Å²) in [4.78, 5) is 59.1. The van der Waals surface area contributed by atoms with Crippen molar-refractivity contribution >= 4 is 40.9 Å². The number of alkyl halides is 3. The number of ether oxygens (including phenoxy) is 3. The molecule has 6 atom stereocenters. The van der Waals surface area contributed by atoms with Crippen LogP contribution < -0.4 is 20.9 Å². The first-order valence-electron chi connectivity index (χ1n) is 25.7. The number of nitrogens with zero attached hydrogens (tertiary/aromatic N) is 3. The first-order chi connectivity index (χ1) is 39.1. The molecule has 7 aromatic rings. The van der Waals surface area contributed by atoms with Crippen molar-refractivity contribution in [3.63, 3.8) is 0 Å². The van der Waals surface area contributed by atoms with Crippen molar-refractivity contribution in [2.75, 3.05) is 55.2 Å². The highest BCUT2D eigenvalue weighted by Crippen LogP contribution is 2.47. The van der Waals surface area contributed by atoms with E-state index in [2.05, 4.69) is 25.9 Å². The van der Waals surface area contributed by atoms with Gasteiger partial charge in [-0.05, 0) is 107 Å². The number of anilines is 3. The second kappa shape index (κ2) is 29.7. The van der Waals surface area contributed by atoms with Crippen molar-refractivity contribution in [2.24, 2.45) is 5.92 Å². The van der Waals surface area contributed by atoms with Gasteiger partial charge in [0.05, 0.1) is 62.6 Å². The van der Waals surface area contributed by atoms with Gasteiger partial charge in [0.1, 0.15) is 30.7 Å². The number of pyridine rings is 2. The number of aliphatic hydroxyl groups is 2. The van der Waals surface area contributed by atoms with Crippen molar-refractivity contribution < 1.29 is 70.7 Å². The van der Waals surface area contributed by atoms with E-state index in [9.17, 15) is 46.5 Å². The van der Waals surface area contributed by atoms with Crippen LogP contribution in [0.1, 0.15) is 76.6 Å². The number of carboxylic acid groups (broad SMARTS) is 1. The van der Waals surface area contributed by atoms with Crippen LogP contribution in [0, 0.1) is 17.6 Å². The van der Waals surface area contributed by atoms with Crippen LogP contribution in [0.4, 0.5) is 39.1 Å². The summed E-state index contributed by atoms with van der Waals surface area (Å²) in [7, 11) is 0. The molecule has 16 nitrogen and oxygen atoms in total. The van der Waals surface area contributed by atoms with Gasteiger partial charge in [0.2, 0.25) is 17.7 Å². The minimum atomic E-state index is -5.08. The summed E-state index contributed by atoms with van der Waals surface area (Å²) < 4.78 is 75.7. The molecular weight excluding hydrogens is 1060 g/mol. The molecule has 0 bridgehead atoms. The van der Waals surface area contributed by atoms with Crippen molar-refractivity contribution in [3.05, 3.63) is 221 Å². The number of aliphatic carboxylic acids is 1. The van der Waals surface area contributed by atoms with Crippen molar-refractivity contribution in [1.29, 1.82) is 0 Å². The fraction of sp³-hybridized carbons (Fsp3) is 0.267. The summed E-state index contributed by atoms with van der Waals surface area (Å²) in [6.45, 7) is 0.465. The number of rotatable bonds is 26. The molecule has 0 spiro atoms. The van der Waals surface area contributed by atoms with Gasteiger partial charge in [0, 0.05) is 36.0 Å². The van der Waals surface area contributed by atoms with E-state index < -0.39 is 53.9 Å². The second-order valence-electron chi connectivity index (χ2n) is 18.5. The number of benzene rings is 5. The molecule has 6 unspecified atom stereocenters. The van der Waals surface area contributed by atoms with Gasteiger partial charge in [-0.3, -0.25) is 19.4 Å². The highest BCUT2D eigenvalue weighted by molar-refractivity contribution is 6.03. The maximum Gasteiger partial charge on any atom is 0.490 e. The maximum absolute atomic E-state index is 13.8. The van der Waals surface area contributed by atoms with Crippen LogP contribution in [0.15, 0.2) is 176 Å². The Labute approximate surface area is 463 Å². The van der Waals surface area contributed by atoms with E-state index in [0.717, 1.165) is 11.1 Å². The van der Waals surface area contributed by atoms with E-state index in [-0.39, 0.29) is 76.4 Å². The van der Waals surface area contributed by atoms with E-state index in [4.69, 9.17) is 24.1 Å². The Hall–Kier alpha value is -8.47. The van der Waals surface area contributed by atoms with Crippen LogP contribution >= 0.6 is 0 Å². The fourth-order valence-corrected chi connectivity index (χ4v) is 9.02. The summed E-state index contributed by atoms with van der Waals surface area (Å²) >= 11 is 0. The molecule has 21 heteroatoms. The fourth-order valence-electron chi connectivity index (χ4n) is 9.02. The monoisotopic (exact) mass is 1120 g/mol. The molecule has 0 radical (unpaired) electrons. The van der Waals surface area contributed by atoms with Gasteiger partial charge < -0.3 is 50.4 Å². The van der Waals surface area contributed by atoms with E-state index in [0.29, 0.717) is 46.0 Å². The third-order valence-corrected chi connectivity index (χ3v) is 13.0. The molecule has 81 heavy (non-hydrogen) atoms. The third kappa shape index (κ3) is 17.5. The van der Waals surface area contributed by atoms with Gasteiger partial charge >= 0.3 is 12.1 Å². The molecule has 1 aliphatic rings. The average Bonchev–Trinajstić information content (AvgIpc) is 3.66. The summed E-state index contributed by atoms with van der Waals surface area (Å²) in [5, 5.41) is 39.2. The molecule has 3 heterocycles. The number of hydrogen-bond donors (Lipinski definition) is 6. The Balaban J connectivity index is 0.00000127. The van der Waals surface area contributed by atoms with Crippen LogP contribution in [0.5, 0.6) is 0 Å². The number of carbonyl (C=O) groups excluding carboxylic acids is 3.